The van der Waals surface area contributed by atoms with Crippen molar-refractivity contribution in [2.24, 2.45) is 0 Å². The number of nitrogens with zero attached hydrogens (tertiary/aromatic N) is 1. The van der Waals surface area contributed by atoms with Gasteiger partial charge in [-0.05, 0) is 45.0 Å². The zero-order valence-corrected chi connectivity index (χ0v) is 13.3. The van der Waals surface area contributed by atoms with Crippen LogP contribution in [0.4, 0.5) is 11.5 Å². The lowest BCUT2D eigenvalue weighted by Crippen LogP contribution is -2.26. The molecule has 0 aliphatic heterocycles. The van der Waals surface area contributed by atoms with Gasteiger partial charge in [0.05, 0.1) is 24.6 Å². The second kappa shape index (κ2) is 6.47. The number of rotatable bonds is 4. The highest BCUT2D eigenvalue weighted by Gasteiger charge is 2.13. The minimum absolute atomic E-state index is 0.0603. The Kier molecular flexibility index (Phi) is 4.65. The predicted molar refractivity (Wildman–Crippen MR) is 88.6 cm³/mol. The minimum atomic E-state index is -0.226. The molecule has 0 aliphatic rings. The molecular formula is C17H21N3O2. The third-order valence-corrected chi connectivity index (χ3v) is 2.88. The summed E-state index contributed by atoms with van der Waals surface area (Å²) in [7, 11) is 1.54. The van der Waals surface area contributed by atoms with Gasteiger partial charge in [0.15, 0.2) is 0 Å². The smallest absolute Gasteiger partial charge is 0.259 e. The van der Waals surface area contributed by atoms with Crippen molar-refractivity contribution in [3.05, 3.63) is 48.2 Å². The molecule has 0 radical (unpaired) electrons. The van der Waals surface area contributed by atoms with E-state index in [0.717, 1.165) is 5.82 Å². The lowest BCUT2D eigenvalue weighted by Gasteiger charge is -2.21. The zero-order chi connectivity index (χ0) is 16.2. The summed E-state index contributed by atoms with van der Waals surface area (Å²) >= 11 is 0. The summed E-state index contributed by atoms with van der Waals surface area (Å²) in [6.45, 7) is 6.18. The highest BCUT2D eigenvalue weighted by atomic mass is 16.5. The van der Waals surface area contributed by atoms with Crippen LogP contribution >= 0.6 is 0 Å². The maximum Gasteiger partial charge on any atom is 0.259 e. The molecule has 0 unspecified atom stereocenters. The van der Waals surface area contributed by atoms with E-state index < -0.39 is 0 Å². The second-order valence-electron chi connectivity index (χ2n) is 5.96. The molecule has 1 aromatic carbocycles. The maximum absolute atomic E-state index is 12.3. The van der Waals surface area contributed by atoms with Crippen LogP contribution in [0.2, 0.25) is 0 Å². The van der Waals surface area contributed by atoms with Gasteiger partial charge in [0.1, 0.15) is 11.6 Å². The van der Waals surface area contributed by atoms with Crippen molar-refractivity contribution < 1.29 is 9.53 Å². The van der Waals surface area contributed by atoms with E-state index in [9.17, 15) is 4.79 Å². The maximum atomic E-state index is 12.3. The molecule has 0 bridgehead atoms. The van der Waals surface area contributed by atoms with Crippen molar-refractivity contribution >= 4 is 17.4 Å². The summed E-state index contributed by atoms with van der Waals surface area (Å²) in [6.07, 6.45) is 1.63. The van der Waals surface area contributed by atoms with Gasteiger partial charge >= 0.3 is 0 Å². The van der Waals surface area contributed by atoms with Gasteiger partial charge in [0, 0.05) is 5.54 Å². The fourth-order valence-corrected chi connectivity index (χ4v) is 1.96. The Morgan fingerprint density at radius 2 is 1.86 bits per heavy atom. The van der Waals surface area contributed by atoms with Crippen molar-refractivity contribution in [3.63, 3.8) is 0 Å². The number of nitrogens with one attached hydrogen (secondary N) is 2. The first-order valence-corrected chi connectivity index (χ1v) is 7.08. The van der Waals surface area contributed by atoms with E-state index in [1.54, 1.807) is 31.5 Å². The van der Waals surface area contributed by atoms with Crippen LogP contribution in [-0.2, 0) is 0 Å². The summed E-state index contributed by atoms with van der Waals surface area (Å²) in [5, 5.41) is 6.08. The molecule has 0 spiro atoms. The summed E-state index contributed by atoms with van der Waals surface area (Å²) < 4.78 is 5.19. The Labute approximate surface area is 130 Å². The Hall–Kier alpha value is -2.56. The van der Waals surface area contributed by atoms with E-state index >= 15 is 0 Å². The molecule has 0 saturated carbocycles. The van der Waals surface area contributed by atoms with Gasteiger partial charge in [-0.3, -0.25) is 4.79 Å². The van der Waals surface area contributed by atoms with E-state index in [4.69, 9.17) is 4.74 Å². The van der Waals surface area contributed by atoms with Crippen molar-refractivity contribution in [2.45, 2.75) is 26.3 Å². The average molecular weight is 299 g/mol. The fraction of sp³-hybridized carbons (Fsp3) is 0.294. The highest BCUT2D eigenvalue weighted by Crippen LogP contribution is 2.20. The van der Waals surface area contributed by atoms with Gasteiger partial charge in [-0.2, -0.15) is 0 Å². The van der Waals surface area contributed by atoms with Gasteiger partial charge in [0.2, 0.25) is 0 Å². The van der Waals surface area contributed by atoms with Crippen LogP contribution in [0.5, 0.6) is 5.75 Å². The molecule has 2 aromatic rings. The molecule has 22 heavy (non-hydrogen) atoms. The van der Waals surface area contributed by atoms with Gasteiger partial charge in [-0.25, -0.2) is 4.98 Å². The number of benzene rings is 1. The van der Waals surface area contributed by atoms with Crippen LogP contribution in [0.15, 0.2) is 42.6 Å². The number of methoxy groups -OCH3 is 1. The number of para-hydroxylation sites is 1. The largest absolute Gasteiger partial charge is 0.496 e. The monoisotopic (exact) mass is 299 g/mol. The predicted octanol–water partition coefficient (Wildman–Crippen LogP) is 3.55. The topological polar surface area (TPSA) is 63.2 Å². The first-order chi connectivity index (χ1) is 10.4. The molecule has 2 N–H and O–H groups in total. The third-order valence-electron chi connectivity index (χ3n) is 2.88. The Bertz CT molecular complexity index is 646. The fourth-order valence-electron chi connectivity index (χ4n) is 1.96. The molecule has 0 atom stereocenters. The van der Waals surface area contributed by atoms with Crippen molar-refractivity contribution in [1.82, 2.24) is 4.98 Å². The quantitative estimate of drug-likeness (QED) is 0.906. The SMILES string of the molecule is COc1ccccc1C(=O)Nc1ccc(NC(C)(C)C)nc1. The molecule has 0 saturated heterocycles. The van der Waals surface area contributed by atoms with Gasteiger partial charge in [-0.1, -0.05) is 12.1 Å². The number of carbonyl (C=O) groups excluding carboxylic acids is 1. The van der Waals surface area contributed by atoms with Crippen LogP contribution in [0.25, 0.3) is 0 Å². The van der Waals surface area contributed by atoms with Crippen LogP contribution in [0.1, 0.15) is 31.1 Å². The van der Waals surface area contributed by atoms with Crippen LogP contribution < -0.4 is 15.4 Å². The number of pyridine rings is 1. The molecular weight excluding hydrogens is 278 g/mol. The number of amides is 1. The van der Waals surface area contributed by atoms with Gasteiger partial charge in [-0.15, -0.1) is 0 Å². The number of aromatic nitrogens is 1. The van der Waals surface area contributed by atoms with E-state index in [0.29, 0.717) is 17.0 Å². The molecule has 1 amide bonds. The normalized spacial score (nSPS) is 10.9. The first-order valence-electron chi connectivity index (χ1n) is 7.08. The number of ether oxygens (including phenoxy) is 1. The van der Waals surface area contributed by atoms with Crippen LogP contribution in [0.3, 0.4) is 0 Å². The average Bonchev–Trinajstić information content (AvgIpc) is 2.47. The molecule has 5 nitrogen and oxygen atoms in total. The molecule has 116 valence electrons. The van der Waals surface area contributed by atoms with E-state index in [2.05, 4.69) is 36.4 Å². The van der Waals surface area contributed by atoms with E-state index in [1.165, 1.54) is 0 Å². The Balaban J connectivity index is 2.09. The third kappa shape index (κ3) is 4.22. The molecule has 1 heterocycles. The lowest BCUT2D eigenvalue weighted by molar-refractivity contribution is 0.102. The highest BCUT2D eigenvalue weighted by molar-refractivity contribution is 6.06. The standard InChI is InChI=1S/C17H21N3O2/c1-17(2,3)20-15-10-9-12(11-18-15)19-16(21)13-7-5-6-8-14(13)22-4/h5-11H,1-4H3,(H,18,20)(H,19,21). The second-order valence-corrected chi connectivity index (χ2v) is 5.96. The number of anilines is 2. The summed E-state index contributed by atoms with van der Waals surface area (Å²) in [5.41, 5.74) is 1.06. The number of carbonyl (C=O) groups is 1. The summed E-state index contributed by atoms with van der Waals surface area (Å²) in [6, 6.07) is 10.7. The van der Waals surface area contributed by atoms with Crippen molar-refractivity contribution in [3.8, 4) is 5.75 Å². The minimum Gasteiger partial charge on any atom is -0.496 e. The van der Waals surface area contributed by atoms with Crippen LogP contribution in [-0.4, -0.2) is 23.5 Å². The Morgan fingerprint density at radius 1 is 1.14 bits per heavy atom. The van der Waals surface area contributed by atoms with Crippen molar-refractivity contribution in [2.75, 3.05) is 17.7 Å². The number of hydrogen-bond acceptors (Lipinski definition) is 4. The number of hydrogen-bond donors (Lipinski definition) is 2. The summed E-state index contributed by atoms with van der Waals surface area (Å²) in [5.74, 6) is 1.08. The van der Waals surface area contributed by atoms with Crippen LogP contribution in [0, 0.1) is 0 Å². The van der Waals surface area contributed by atoms with Gasteiger partial charge in [0.25, 0.3) is 5.91 Å². The molecule has 1 aromatic heterocycles. The summed E-state index contributed by atoms with van der Waals surface area (Å²) in [4.78, 5) is 16.6. The first kappa shape index (κ1) is 15.8. The Morgan fingerprint density at radius 3 is 2.45 bits per heavy atom. The van der Waals surface area contributed by atoms with Crippen molar-refractivity contribution in [1.29, 1.82) is 0 Å². The molecule has 2 rings (SSSR count). The molecule has 0 aliphatic carbocycles. The molecule has 0 fully saturated rings. The zero-order valence-electron chi connectivity index (χ0n) is 13.3. The van der Waals surface area contributed by atoms with Gasteiger partial charge < -0.3 is 15.4 Å². The van der Waals surface area contributed by atoms with E-state index in [1.807, 2.05) is 18.2 Å². The lowest BCUT2D eigenvalue weighted by atomic mass is 10.1. The molecule has 5 heteroatoms. The van der Waals surface area contributed by atoms with E-state index in [-0.39, 0.29) is 11.4 Å².